The predicted molar refractivity (Wildman–Crippen MR) is 37.9 cm³/mol. The standard InChI is InChI=1S/C6H9NO5/c1-2-3-4(8)7(5(9)10)6(11)12/h2,5,9-10H,1,3H2,(H,11,12). The number of rotatable bonds is 3. The van der Waals surface area contributed by atoms with Crippen LogP contribution in [0.25, 0.3) is 0 Å². The summed E-state index contributed by atoms with van der Waals surface area (Å²) in [6.07, 6.45) is -3.13. The Bertz CT molecular complexity index is 200. The van der Waals surface area contributed by atoms with Crippen LogP contribution in [0.3, 0.4) is 0 Å². The average molecular weight is 175 g/mol. The van der Waals surface area contributed by atoms with E-state index in [1.807, 2.05) is 0 Å². The molecule has 68 valence electrons. The molecule has 3 N–H and O–H groups in total. The molecule has 0 aliphatic carbocycles. The first kappa shape index (κ1) is 10.6. The van der Waals surface area contributed by atoms with Gasteiger partial charge in [0.05, 0.1) is 0 Å². The monoisotopic (exact) mass is 175 g/mol. The third-order valence-electron chi connectivity index (χ3n) is 1.02. The molecule has 6 heteroatoms. The quantitative estimate of drug-likeness (QED) is 0.390. The number of carboxylic acid groups (broad SMARTS) is 1. The Morgan fingerprint density at radius 3 is 2.25 bits per heavy atom. The van der Waals surface area contributed by atoms with Crippen LogP contribution >= 0.6 is 0 Å². The molecule has 0 fully saturated rings. The van der Waals surface area contributed by atoms with Crippen LogP contribution in [0.4, 0.5) is 4.79 Å². The van der Waals surface area contributed by atoms with E-state index < -0.39 is 18.4 Å². The highest BCUT2D eigenvalue weighted by Gasteiger charge is 2.25. The summed E-state index contributed by atoms with van der Waals surface area (Å²) in [6.45, 7) is 3.20. The molecule has 0 saturated heterocycles. The second-order valence-electron chi connectivity index (χ2n) is 1.89. The second-order valence-corrected chi connectivity index (χ2v) is 1.89. The first-order valence-electron chi connectivity index (χ1n) is 3.02. The van der Waals surface area contributed by atoms with E-state index >= 15 is 0 Å². The third-order valence-corrected chi connectivity index (χ3v) is 1.02. The van der Waals surface area contributed by atoms with Crippen molar-refractivity contribution in [3.63, 3.8) is 0 Å². The Balaban J connectivity index is 4.40. The van der Waals surface area contributed by atoms with Crippen molar-refractivity contribution in [1.29, 1.82) is 0 Å². The zero-order valence-corrected chi connectivity index (χ0v) is 6.17. The molecule has 0 aromatic heterocycles. The summed E-state index contributed by atoms with van der Waals surface area (Å²) in [5.41, 5.74) is 0. The van der Waals surface area contributed by atoms with Crippen molar-refractivity contribution in [2.24, 2.45) is 0 Å². The molecule has 0 unspecified atom stereocenters. The minimum absolute atomic E-state index is 0.0956. The lowest BCUT2D eigenvalue weighted by molar-refractivity contribution is -0.166. The Labute approximate surface area is 68.3 Å². The molecule has 0 heterocycles. The van der Waals surface area contributed by atoms with E-state index in [1.165, 1.54) is 6.08 Å². The number of carbonyl (C=O) groups excluding carboxylic acids is 1. The molecule has 2 amide bonds. The molecule has 12 heavy (non-hydrogen) atoms. The Morgan fingerprint density at radius 2 is 2.00 bits per heavy atom. The highest BCUT2D eigenvalue weighted by atomic mass is 16.5. The minimum Gasteiger partial charge on any atom is -0.464 e. The number of imide groups is 1. The SMILES string of the molecule is C=CCC(=O)N(C(=O)O)C(O)O. The topological polar surface area (TPSA) is 98.1 Å². The number of aliphatic hydroxyl groups is 2. The van der Waals surface area contributed by atoms with Gasteiger partial charge in [-0.3, -0.25) is 4.79 Å². The van der Waals surface area contributed by atoms with Crippen LogP contribution in [0.1, 0.15) is 6.42 Å². The molecule has 0 aromatic carbocycles. The van der Waals surface area contributed by atoms with Gasteiger partial charge in [-0.1, -0.05) is 6.08 Å². The Hall–Kier alpha value is -1.40. The van der Waals surface area contributed by atoms with E-state index in [4.69, 9.17) is 15.3 Å². The molecule has 0 aliphatic heterocycles. The molecular weight excluding hydrogens is 166 g/mol. The van der Waals surface area contributed by atoms with Crippen LogP contribution in [0.2, 0.25) is 0 Å². The zero-order valence-electron chi connectivity index (χ0n) is 6.17. The zero-order chi connectivity index (χ0) is 9.72. The summed E-state index contributed by atoms with van der Waals surface area (Å²) >= 11 is 0. The number of carbonyl (C=O) groups is 2. The van der Waals surface area contributed by atoms with Crippen molar-refractivity contribution >= 4 is 12.0 Å². The van der Waals surface area contributed by atoms with Gasteiger partial charge in [-0.25, -0.2) is 4.79 Å². The van der Waals surface area contributed by atoms with Crippen molar-refractivity contribution in [1.82, 2.24) is 4.90 Å². The largest absolute Gasteiger partial charge is 0.464 e. The second kappa shape index (κ2) is 4.47. The predicted octanol–water partition coefficient (Wildman–Crippen LogP) is -0.663. The lowest BCUT2D eigenvalue weighted by atomic mass is 10.4. The Morgan fingerprint density at radius 1 is 1.50 bits per heavy atom. The van der Waals surface area contributed by atoms with Gasteiger partial charge < -0.3 is 15.3 Å². The smallest absolute Gasteiger partial charge is 0.418 e. The van der Waals surface area contributed by atoms with Crippen LogP contribution in [-0.2, 0) is 4.79 Å². The normalized spacial score (nSPS) is 9.58. The van der Waals surface area contributed by atoms with Crippen LogP contribution in [-0.4, -0.2) is 38.6 Å². The van der Waals surface area contributed by atoms with Crippen LogP contribution in [0.5, 0.6) is 0 Å². The van der Waals surface area contributed by atoms with Crippen molar-refractivity contribution in [2.75, 3.05) is 0 Å². The molecule has 0 atom stereocenters. The van der Waals surface area contributed by atoms with Gasteiger partial charge in [0.2, 0.25) is 12.3 Å². The minimum atomic E-state index is -2.32. The van der Waals surface area contributed by atoms with Crippen LogP contribution in [0.15, 0.2) is 12.7 Å². The highest BCUT2D eigenvalue weighted by molar-refractivity contribution is 5.91. The summed E-state index contributed by atoms with van der Waals surface area (Å²) in [7, 11) is 0. The van der Waals surface area contributed by atoms with Crippen molar-refractivity contribution in [2.45, 2.75) is 12.8 Å². The van der Waals surface area contributed by atoms with Gasteiger partial charge >= 0.3 is 6.09 Å². The lowest BCUT2D eigenvalue weighted by Crippen LogP contribution is -2.43. The maximum atomic E-state index is 10.8. The van der Waals surface area contributed by atoms with Gasteiger partial charge in [0.15, 0.2) is 0 Å². The van der Waals surface area contributed by atoms with Gasteiger partial charge in [0, 0.05) is 6.42 Å². The molecule has 0 radical (unpaired) electrons. The fraction of sp³-hybridized carbons (Fsp3) is 0.333. The highest BCUT2D eigenvalue weighted by Crippen LogP contribution is 1.98. The number of nitrogens with zero attached hydrogens (tertiary/aromatic N) is 1. The molecule has 0 aliphatic rings. The average Bonchev–Trinajstić information content (AvgIpc) is 1.85. The van der Waals surface area contributed by atoms with Gasteiger partial charge in [-0.05, 0) is 0 Å². The van der Waals surface area contributed by atoms with Gasteiger partial charge in [-0.15, -0.1) is 6.58 Å². The summed E-state index contributed by atoms with van der Waals surface area (Å²) < 4.78 is 0. The summed E-state index contributed by atoms with van der Waals surface area (Å²) in [5.74, 6) is -0.937. The van der Waals surface area contributed by atoms with Crippen molar-refractivity contribution in [3.05, 3.63) is 12.7 Å². The molecule has 0 spiro atoms. The summed E-state index contributed by atoms with van der Waals surface area (Å²) in [5, 5.41) is 25.1. The number of aliphatic hydroxyl groups excluding tert-OH is 1. The molecular formula is C6H9NO5. The maximum Gasteiger partial charge on any atom is 0.418 e. The molecule has 0 bridgehead atoms. The molecule has 0 aromatic rings. The maximum absolute atomic E-state index is 10.8. The van der Waals surface area contributed by atoms with E-state index in [2.05, 4.69) is 6.58 Å². The van der Waals surface area contributed by atoms with E-state index in [9.17, 15) is 9.59 Å². The molecule has 0 rings (SSSR count). The number of hydrogen-bond donors (Lipinski definition) is 3. The number of hydrogen-bond acceptors (Lipinski definition) is 4. The first-order valence-corrected chi connectivity index (χ1v) is 3.02. The Kier molecular flexibility index (Phi) is 3.95. The first-order chi connectivity index (χ1) is 5.50. The van der Waals surface area contributed by atoms with Crippen molar-refractivity contribution in [3.8, 4) is 0 Å². The summed E-state index contributed by atoms with van der Waals surface area (Å²) in [6, 6.07) is 0. The van der Waals surface area contributed by atoms with E-state index in [-0.39, 0.29) is 11.3 Å². The number of amides is 2. The molecule has 0 saturated carbocycles. The molecule has 6 nitrogen and oxygen atoms in total. The van der Waals surface area contributed by atoms with Gasteiger partial charge in [0.25, 0.3) is 0 Å². The van der Waals surface area contributed by atoms with E-state index in [0.717, 1.165) is 0 Å². The fourth-order valence-corrected chi connectivity index (χ4v) is 0.556. The van der Waals surface area contributed by atoms with Gasteiger partial charge in [0.1, 0.15) is 0 Å². The van der Waals surface area contributed by atoms with E-state index in [1.54, 1.807) is 0 Å². The van der Waals surface area contributed by atoms with Crippen LogP contribution in [0, 0.1) is 0 Å². The van der Waals surface area contributed by atoms with Crippen molar-refractivity contribution < 1.29 is 24.9 Å². The lowest BCUT2D eigenvalue weighted by Gasteiger charge is -2.17. The van der Waals surface area contributed by atoms with Gasteiger partial charge in [-0.2, -0.15) is 4.90 Å². The third kappa shape index (κ3) is 2.69. The fourth-order valence-electron chi connectivity index (χ4n) is 0.556. The van der Waals surface area contributed by atoms with Crippen LogP contribution < -0.4 is 0 Å². The summed E-state index contributed by atoms with van der Waals surface area (Å²) in [4.78, 5) is 20.9. The van der Waals surface area contributed by atoms with E-state index in [0.29, 0.717) is 0 Å².